The highest BCUT2D eigenvalue weighted by molar-refractivity contribution is 5.57. The Morgan fingerprint density at radius 3 is 2.79 bits per heavy atom. The summed E-state index contributed by atoms with van der Waals surface area (Å²) < 4.78 is 13.6. The quantitative estimate of drug-likeness (QED) is 0.747. The minimum Gasteiger partial charge on any atom is -0.366 e. The monoisotopic (exact) mass is 319 g/mol. The smallest absolute Gasteiger partial charge is 0.229 e. The van der Waals surface area contributed by atoms with E-state index in [2.05, 4.69) is 26.7 Å². The fourth-order valence-electron chi connectivity index (χ4n) is 2.14. The van der Waals surface area contributed by atoms with Crippen molar-refractivity contribution in [3.8, 4) is 6.07 Å². The second kappa shape index (κ2) is 7.20. The molecule has 1 heterocycles. The van der Waals surface area contributed by atoms with E-state index < -0.39 is 0 Å². The molecule has 3 aromatic rings. The molecule has 24 heavy (non-hydrogen) atoms. The Balaban J connectivity index is 1.70. The molecule has 0 fully saturated rings. The van der Waals surface area contributed by atoms with Crippen LogP contribution in [0.4, 0.5) is 21.8 Å². The van der Waals surface area contributed by atoms with Gasteiger partial charge in [0.1, 0.15) is 11.6 Å². The molecule has 0 amide bonds. The molecule has 0 spiro atoms. The highest BCUT2D eigenvalue weighted by atomic mass is 19.1. The van der Waals surface area contributed by atoms with Crippen molar-refractivity contribution in [1.82, 2.24) is 9.97 Å². The van der Waals surface area contributed by atoms with E-state index in [0.717, 1.165) is 5.69 Å². The molecule has 0 saturated heterocycles. The molecule has 5 nitrogen and oxygen atoms in total. The number of rotatable bonds is 5. The van der Waals surface area contributed by atoms with Gasteiger partial charge in [-0.25, -0.2) is 9.37 Å². The molecular weight excluding hydrogens is 305 g/mol. The van der Waals surface area contributed by atoms with Crippen molar-refractivity contribution in [3.63, 3.8) is 0 Å². The summed E-state index contributed by atoms with van der Waals surface area (Å²) in [7, 11) is 0. The summed E-state index contributed by atoms with van der Waals surface area (Å²) >= 11 is 0. The summed E-state index contributed by atoms with van der Waals surface area (Å²) in [6.07, 6.45) is 1.60. The van der Waals surface area contributed by atoms with Crippen LogP contribution in [0, 0.1) is 17.1 Å². The first kappa shape index (κ1) is 15.4. The van der Waals surface area contributed by atoms with Gasteiger partial charge in [0.2, 0.25) is 5.95 Å². The number of hydrogen-bond donors (Lipinski definition) is 2. The molecule has 0 unspecified atom stereocenters. The third-order valence-electron chi connectivity index (χ3n) is 3.32. The van der Waals surface area contributed by atoms with E-state index in [1.807, 2.05) is 6.07 Å². The van der Waals surface area contributed by atoms with E-state index in [1.165, 1.54) is 6.07 Å². The van der Waals surface area contributed by atoms with Crippen molar-refractivity contribution in [2.24, 2.45) is 0 Å². The van der Waals surface area contributed by atoms with E-state index in [0.29, 0.717) is 29.4 Å². The average Bonchev–Trinajstić information content (AvgIpc) is 2.61. The maximum absolute atomic E-state index is 13.6. The van der Waals surface area contributed by atoms with Gasteiger partial charge in [-0.15, -0.1) is 0 Å². The normalized spacial score (nSPS) is 10.0. The number of hydrogen-bond acceptors (Lipinski definition) is 5. The number of nitrogens with zero attached hydrogens (tertiary/aromatic N) is 3. The molecule has 6 heteroatoms. The van der Waals surface area contributed by atoms with Crippen molar-refractivity contribution in [3.05, 3.63) is 77.7 Å². The highest BCUT2D eigenvalue weighted by Crippen LogP contribution is 2.16. The Kier molecular flexibility index (Phi) is 4.63. The topological polar surface area (TPSA) is 73.6 Å². The van der Waals surface area contributed by atoms with E-state index in [9.17, 15) is 4.39 Å². The van der Waals surface area contributed by atoms with Crippen LogP contribution in [-0.2, 0) is 6.54 Å². The Morgan fingerprint density at radius 2 is 1.96 bits per heavy atom. The van der Waals surface area contributed by atoms with Gasteiger partial charge in [-0.3, -0.25) is 0 Å². The van der Waals surface area contributed by atoms with Crippen molar-refractivity contribution in [2.75, 3.05) is 10.6 Å². The summed E-state index contributed by atoms with van der Waals surface area (Å²) in [4.78, 5) is 8.47. The van der Waals surface area contributed by atoms with Crippen LogP contribution in [0.15, 0.2) is 60.8 Å². The predicted octanol–water partition coefficient (Wildman–Crippen LogP) is 3.84. The van der Waals surface area contributed by atoms with Gasteiger partial charge >= 0.3 is 0 Å². The number of nitriles is 1. The van der Waals surface area contributed by atoms with Gasteiger partial charge in [-0.05, 0) is 30.3 Å². The molecule has 2 aromatic carbocycles. The Hall–Kier alpha value is -3.46. The van der Waals surface area contributed by atoms with Crippen molar-refractivity contribution in [1.29, 1.82) is 5.26 Å². The molecule has 1 aromatic heterocycles. The van der Waals surface area contributed by atoms with Crippen LogP contribution >= 0.6 is 0 Å². The summed E-state index contributed by atoms with van der Waals surface area (Å²) in [6.45, 7) is 0.326. The van der Waals surface area contributed by atoms with E-state index in [1.54, 1.807) is 48.7 Å². The summed E-state index contributed by atoms with van der Waals surface area (Å²) in [5.74, 6) is 0.710. The highest BCUT2D eigenvalue weighted by Gasteiger charge is 2.03. The van der Waals surface area contributed by atoms with Crippen molar-refractivity contribution < 1.29 is 4.39 Å². The molecule has 2 N–H and O–H groups in total. The molecule has 3 rings (SSSR count). The first-order chi connectivity index (χ1) is 11.7. The standard InChI is InChI=1S/C18H14FN5/c19-16-7-2-1-5-14(16)12-22-17-8-9-21-18(24-17)23-15-6-3-4-13(10-15)11-20/h1-10H,12H2,(H2,21,22,23,24). The van der Waals surface area contributed by atoms with Crippen LogP contribution in [0.25, 0.3) is 0 Å². The van der Waals surface area contributed by atoms with Gasteiger partial charge in [0, 0.05) is 24.0 Å². The lowest BCUT2D eigenvalue weighted by atomic mass is 10.2. The molecule has 0 aliphatic carbocycles. The van der Waals surface area contributed by atoms with Crippen LogP contribution in [-0.4, -0.2) is 9.97 Å². The minimum absolute atomic E-state index is 0.259. The van der Waals surface area contributed by atoms with Gasteiger partial charge in [-0.1, -0.05) is 24.3 Å². The van der Waals surface area contributed by atoms with Crippen molar-refractivity contribution >= 4 is 17.5 Å². The SMILES string of the molecule is N#Cc1cccc(Nc2nccc(NCc3ccccc3F)n2)c1. The molecule has 0 atom stereocenters. The van der Waals surface area contributed by atoms with E-state index in [4.69, 9.17) is 5.26 Å². The van der Waals surface area contributed by atoms with E-state index in [-0.39, 0.29) is 5.82 Å². The molecular formula is C18H14FN5. The van der Waals surface area contributed by atoms with E-state index >= 15 is 0 Å². The zero-order valence-electron chi connectivity index (χ0n) is 12.7. The zero-order valence-corrected chi connectivity index (χ0v) is 12.7. The first-order valence-corrected chi connectivity index (χ1v) is 7.32. The lowest BCUT2D eigenvalue weighted by molar-refractivity contribution is 0.613. The molecule has 0 radical (unpaired) electrons. The molecule has 0 saturated carbocycles. The lowest BCUT2D eigenvalue weighted by Gasteiger charge is -2.09. The third-order valence-corrected chi connectivity index (χ3v) is 3.32. The van der Waals surface area contributed by atoms with Crippen LogP contribution in [0.2, 0.25) is 0 Å². The molecule has 118 valence electrons. The number of benzene rings is 2. The number of anilines is 3. The Labute approximate surface area is 138 Å². The van der Waals surface area contributed by atoms with Crippen LogP contribution in [0.1, 0.15) is 11.1 Å². The summed E-state index contributed by atoms with van der Waals surface area (Å²) in [5, 5.41) is 15.0. The lowest BCUT2D eigenvalue weighted by Crippen LogP contribution is -2.05. The zero-order chi connectivity index (χ0) is 16.8. The minimum atomic E-state index is -0.259. The Morgan fingerprint density at radius 1 is 1.08 bits per heavy atom. The van der Waals surface area contributed by atoms with Gasteiger partial charge in [0.25, 0.3) is 0 Å². The first-order valence-electron chi connectivity index (χ1n) is 7.32. The maximum Gasteiger partial charge on any atom is 0.229 e. The predicted molar refractivity (Wildman–Crippen MR) is 90.2 cm³/mol. The van der Waals surface area contributed by atoms with Crippen LogP contribution in [0.5, 0.6) is 0 Å². The summed E-state index contributed by atoms with van der Waals surface area (Å²) in [5.41, 5.74) is 1.83. The fourth-order valence-corrected chi connectivity index (χ4v) is 2.14. The van der Waals surface area contributed by atoms with Gasteiger partial charge in [0.05, 0.1) is 11.6 Å². The fraction of sp³-hybridized carbons (Fsp3) is 0.0556. The second-order valence-corrected chi connectivity index (χ2v) is 5.03. The third kappa shape index (κ3) is 3.84. The number of halogens is 1. The van der Waals surface area contributed by atoms with Gasteiger partial charge < -0.3 is 10.6 Å². The molecule has 0 aliphatic rings. The average molecular weight is 319 g/mol. The second-order valence-electron chi connectivity index (χ2n) is 5.03. The molecule has 0 bridgehead atoms. The van der Waals surface area contributed by atoms with Gasteiger partial charge in [0.15, 0.2) is 0 Å². The van der Waals surface area contributed by atoms with Crippen molar-refractivity contribution in [2.45, 2.75) is 6.54 Å². The van der Waals surface area contributed by atoms with Crippen LogP contribution < -0.4 is 10.6 Å². The maximum atomic E-state index is 13.6. The number of nitrogens with one attached hydrogen (secondary N) is 2. The Bertz CT molecular complexity index is 888. The van der Waals surface area contributed by atoms with Crippen LogP contribution in [0.3, 0.4) is 0 Å². The number of aromatic nitrogens is 2. The molecule has 0 aliphatic heterocycles. The largest absolute Gasteiger partial charge is 0.366 e. The summed E-state index contributed by atoms with van der Waals surface area (Å²) in [6, 6.07) is 17.4. The van der Waals surface area contributed by atoms with Gasteiger partial charge in [-0.2, -0.15) is 10.2 Å².